The number of carboxylic acids is 1. The number of hydrogen-bond donors (Lipinski definition) is 1. The third-order valence-corrected chi connectivity index (χ3v) is 4.63. The van der Waals surface area contributed by atoms with Crippen LogP contribution in [0.5, 0.6) is 0 Å². The van der Waals surface area contributed by atoms with Gasteiger partial charge in [0.1, 0.15) is 6.04 Å². The van der Waals surface area contributed by atoms with E-state index in [1.807, 2.05) is 6.07 Å². The summed E-state index contributed by atoms with van der Waals surface area (Å²) in [5.41, 5.74) is 0. The van der Waals surface area contributed by atoms with E-state index in [1.54, 1.807) is 25.2 Å². The van der Waals surface area contributed by atoms with Gasteiger partial charge >= 0.3 is 5.97 Å². The average molecular weight is 264 g/mol. The van der Waals surface area contributed by atoms with E-state index in [2.05, 4.69) is 0 Å². The molecule has 2 aliphatic heterocycles. The minimum atomic E-state index is -0.991. The van der Waals surface area contributed by atoms with Crippen molar-refractivity contribution >= 4 is 23.6 Å². The highest BCUT2D eigenvalue weighted by molar-refractivity contribution is 8.01. The van der Waals surface area contributed by atoms with Crippen molar-refractivity contribution in [3.05, 3.63) is 24.3 Å². The highest BCUT2D eigenvalue weighted by Gasteiger charge is 2.59. The smallest absolute Gasteiger partial charge is 0.328 e. The molecule has 0 aliphatic carbocycles. The number of carbonyl (C=O) groups is 2. The van der Waals surface area contributed by atoms with Crippen molar-refractivity contribution in [2.75, 3.05) is 0 Å². The first-order valence-corrected chi connectivity index (χ1v) is 6.33. The maximum absolute atomic E-state index is 11.5. The molecule has 2 saturated heterocycles. The molecule has 2 rings (SSSR count). The largest absolute Gasteiger partial charge is 0.480 e. The van der Waals surface area contributed by atoms with E-state index in [4.69, 9.17) is 5.26 Å². The number of nitrogens with zero attached hydrogens (tertiary/aromatic N) is 2. The molecule has 0 aromatic heterocycles. The monoisotopic (exact) mass is 264 g/mol. The molecule has 0 aromatic carbocycles. The summed E-state index contributed by atoms with van der Waals surface area (Å²) in [6, 6.07) is 1.02. The van der Waals surface area contributed by atoms with Gasteiger partial charge in [0.25, 0.3) is 0 Å². The number of amides is 1. The van der Waals surface area contributed by atoms with E-state index in [0.717, 1.165) is 0 Å². The maximum atomic E-state index is 11.5. The fourth-order valence-corrected chi connectivity index (χ4v) is 3.95. The van der Waals surface area contributed by atoms with Crippen LogP contribution in [-0.2, 0) is 9.59 Å². The molecule has 0 aromatic rings. The van der Waals surface area contributed by atoms with Crippen molar-refractivity contribution in [2.24, 2.45) is 0 Å². The molecule has 6 heteroatoms. The standard InChI is InChI=1S/C12H12N2O3S/c1-12(5-3-2-4-6-13)10(11(16)17)14-8(15)7-9(14)18-12/h2-5,9-10H,7H2,1H3,(H,16,17)/t9-,10+,12+/m1/s1. The Bertz CT molecular complexity index is 494. The summed E-state index contributed by atoms with van der Waals surface area (Å²) in [5, 5.41) is 17.6. The lowest BCUT2D eigenvalue weighted by atomic mass is 9.96. The first kappa shape index (κ1) is 12.7. The van der Waals surface area contributed by atoms with E-state index in [-0.39, 0.29) is 11.3 Å². The quantitative estimate of drug-likeness (QED) is 0.469. The number of allylic oxidation sites excluding steroid dienone is 3. The van der Waals surface area contributed by atoms with Gasteiger partial charge in [0.15, 0.2) is 0 Å². The Hall–Kier alpha value is -1.74. The van der Waals surface area contributed by atoms with Gasteiger partial charge in [-0.05, 0) is 6.92 Å². The molecule has 5 nitrogen and oxygen atoms in total. The molecule has 2 heterocycles. The van der Waals surface area contributed by atoms with Crippen LogP contribution < -0.4 is 0 Å². The third kappa shape index (κ3) is 1.91. The zero-order chi connectivity index (χ0) is 13.3. The average Bonchev–Trinajstić information content (AvgIpc) is 2.54. The van der Waals surface area contributed by atoms with Crippen LogP contribution in [0, 0.1) is 11.3 Å². The van der Waals surface area contributed by atoms with Crippen LogP contribution in [-0.4, -0.2) is 38.0 Å². The Morgan fingerprint density at radius 2 is 2.39 bits per heavy atom. The van der Waals surface area contributed by atoms with Crippen LogP contribution in [0.4, 0.5) is 0 Å². The lowest BCUT2D eigenvalue weighted by molar-refractivity contribution is -0.156. The van der Waals surface area contributed by atoms with Crippen LogP contribution in [0.1, 0.15) is 13.3 Å². The van der Waals surface area contributed by atoms with E-state index in [0.29, 0.717) is 6.42 Å². The molecule has 2 fully saturated rings. The third-order valence-electron chi connectivity index (χ3n) is 3.10. The SMILES string of the molecule is C[C@@]1(C=CC=CC#N)S[C@@H]2CC(=O)N2[C@H]1C(=O)O. The van der Waals surface area contributed by atoms with Crippen LogP contribution in [0.3, 0.4) is 0 Å². The van der Waals surface area contributed by atoms with Gasteiger partial charge < -0.3 is 10.0 Å². The van der Waals surface area contributed by atoms with E-state index in [1.165, 1.54) is 22.7 Å². The number of rotatable bonds is 3. The van der Waals surface area contributed by atoms with E-state index < -0.39 is 16.8 Å². The van der Waals surface area contributed by atoms with Crippen molar-refractivity contribution in [1.82, 2.24) is 4.90 Å². The van der Waals surface area contributed by atoms with Gasteiger partial charge in [-0.3, -0.25) is 4.79 Å². The fraction of sp³-hybridized carbons (Fsp3) is 0.417. The molecule has 0 radical (unpaired) electrons. The van der Waals surface area contributed by atoms with Gasteiger partial charge in [-0.25, -0.2) is 4.79 Å². The summed E-state index contributed by atoms with van der Waals surface area (Å²) in [6.45, 7) is 1.80. The Morgan fingerprint density at radius 3 is 2.94 bits per heavy atom. The number of β-lactam (4-membered cyclic amide) rings is 1. The molecule has 18 heavy (non-hydrogen) atoms. The predicted octanol–water partition coefficient (Wildman–Crippen LogP) is 1.14. The lowest BCUT2D eigenvalue weighted by Crippen LogP contribution is -2.57. The molecular weight excluding hydrogens is 252 g/mol. The van der Waals surface area contributed by atoms with Crippen molar-refractivity contribution in [1.29, 1.82) is 5.26 Å². The molecule has 0 bridgehead atoms. The molecule has 2 aliphatic rings. The first-order chi connectivity index (χ1) is 8.49. The van der Waals surface area contributed by atoms with Crippen molar-refractivity contribution in [2.45, 2.75) is 29.5 Å². The summed E-state index contributed by atoms with van der Waals surface area (Å²) in [6.07, 6.45) is 6.68. The van der Waals surface area contributed by atoms with E-state index in [9.17, 15) is 14.7 Å². The number of aliphatic carboxylic acids is 1. The number of thioether (sulfide) groups is 1. The second-order valence-electron chi connectivity index (χ2n) is 4.35. The van der Waals surface area contributed by atoms with Crippen molar-refractivity contribution < 1.29 is 14.7 Å². The second-order valence-corrected chi connectivity index (χ2v) is 6.01. The first-order valence-electron chi connectivity index (χ1n) is 5.45. The molecule has 0 saturated carbocycles. The molecule has 1 amide bonds. The van der Waals surface area contributed by atoms with Gasteiger partial charge in [0.05, 0.1) is 22.6 Å². The van der Waals surface area contributed by atoms with Gasteiger partial charge in [-0.2, -0.15) is 5.26 Å². The summed E-state index contributed by atoms with van der Waals surface area (Å²) in [4.78, 5) is 24.2. The normalized spacial score (nSPS) is 34.7. The number of carboxylic acid groups (broad SMARTS) is 1. The van der Waals surface area contributed by atoms with Crippen LogP contribution in [0.2, 0.25) is 0 Å². The van der Waals surface area contributed by atoms with Crippen molar-refractivity contribution in [3.63, 3.8) is 0 Å². The highest BCUT2D eigenvalue weighted by Crippen LogP contribution is 2.51. The molecule has 0 unspecified atom stereocenters. The topological polar surface area (TPSA) is 81.4 Å². The number of nitriles is 1. The predicted molar refractivity (Wildman–Crippen MR) is 66.6 cm³/mol. The van der Waals surface area contributed by atoms with Gasteiger partial charge in [-0.15, -0.1) is 11.8 Å². The summed E-state index contributed by atoms with van der Waals surface area (Å²) in [7, 11) is 0. The number of hydrogen-bond acceptors (Lipinski definition) is 4. The Balaban J connectivity index is 2.23. The fourth-order valence-electron chi connectivity index (χ4n) is 2.28. The Kier molecular flexibility index (Phi) is 3.18. The Labute approximate surface area is 109 Å². The second kappa shape index (κ2) is 4.50. The summed E-state index contributed by atoms with van der Waals surface area (Å²) in [5.74, 6) is -1.10. The number of fused-ring (bicyclic) bond motifs is 1. The molecule has 94 valence electrons. The Morgan fingerprint density at radius 1 is 1.67 bits per heavy atom. The summed E-state index contributed by atoms with van der Waals surface area (Å²) < 4.78 is -0.650. The summed E-state index contributed by atoms with van der Waals surface area (Å²) >= 11 is 1.48. The minimum absolute atomic E-state index is 0.0341. The maximum Gasteiger partial charge on any atom is 0.328 e. The molecule has 1 N–H and O–H groups in total. The molecule has 0 spiro atoms. The molecule has 3 atom stereocenters. The highest BCUT2D eigenvalue weighted by atomic mass is 32.2. The van der Waals surface area contributed by atoms with Crippen LogP contribution >= 0.6 is 11.8 Å². The molecular formula is C12H12N2O3S. The van der Waals surface area contributed by atoms with Crippen LogP contribution in [0.15, 0.2) is 24.3 Å². The van der Waals surface area contributed by atoms with Gasteiger partial charge in [-0.1, -0.05) is 18.2 Å². The van der Waals surface area contributed by atoms with Crippen molar-refractivity contribution in [3.8, 4) is 6.07 Å². The zero-order valence-electron chi connectivity index (χ0n) is 9.74. The minimum Gasteiger partial charge on any atom is -0.480 e. The zero-order valence-corrected chi connectivity index (χ0v) is 10.6. The lowest BCUT2D eigenvalue weighted by Gasteiger charge is -2.36. The number of carbonyl (C=O) groups excluding carboxylic acids is 1. The van der Waals surface area contributed by atoms with Gasteiger partial charge in [0.2, 0.25) is 5.91 Å². The van der Waals surface area contributed by atoms with Crippen LogP contribution in [0.25, 0.3) is 0 Å². The van der Waals surface area contributed by atoms with E-state index >= 15 is 0 Å². The van der Waals surface area contributed by atoms with Gasteiger partial charge in [0, 0.05) is 6.08 Å².